The van der Waals surface area contributed by atoms with E-state index in [1.165, 1.54) is 12.1 Å². The van der Waals surface area contributed by atoms with Crippen LogP contribution in [-0.2, 0) is 0 Å². The highest BCUT2D eigenvalue weighted by atomic mass is 19.2. The lowest BCUT2D eigenvalue weighted by Gasteiger charge is -2.07. The van der Waals surface area contributed by atoms with Crippen molar-refractivity contribution in [2.45, 2.75) is 0 Å². The number of nitrogen functional groups attached to an aromatic ring is 1. The SMILES string of the molecule is Nc1nc2c3c(ccn3n1)C(c1cccc(F)c1F)=Nc1ccccc1-2. The molecule has 7 heteroatoms. The van der Waals surface area contributed by atoms with Gasteiger partial charge >= 0.3 is 0 Å². The Morgan fingerprint density at radius 1 is 0.885 bits per heavy atom. The summed E-state index contributed by atoms with van der Waals surface area (Å²) in [6.45, 7) is 0. The molecule has 2 N–H and O–H groups in total. The number of nitrogens with zero attached hydrogens (tertiary/aromatic N) is 4. The third-order valence-electron chi connectivity index (χ3n) is 4.38. The highest BCUT2D eigenvalue weighted by molar-refractivity contribution is 6.20. The molecule has 26 heavy (non-hydrogen) atoms. The lowest BCUT2D eigenvalue weighted by molar-refractivity contribution is 0.507. The zero-order chi connectivity index (χ0) is 17.8. The lowest BCUT2D eigenvalue weighted by Crippen LogP contribution is -2.08. The standard InChI is InChI=1S/C19H11F2N5/c20-13-6-3-5-11(15(13)21)16-12-8-9-26-18(12)17(24-19(22)25-26)10-4-1-2-7-14(10)23-16/h1-9H,(H2,22,25). The van der Waals surface area contributed by atoms with Crippen molar-refractivity contribution in [1.29, 1.82) is 0 Å². The van der Waals surface area contributed by atoms with E-state index in [1.807, 2.05) is 18.2 Å². The van der Waals surface area contributed by atoms with Gasteiger partial charge in [-0.05, 0) is 24.3 Å². The van der Waals surface area contributed by atoms with Crippen LogP contribution in [0.5, 0.6) is 0 Å². The topological polar surface area (TPSA) is 68.6 Å². The van der Waals surface area contributed by atoms with E-state index in [-0.39, 0.29) is 11.5 Å². The van der Waals surface area contributed by atoms with E-state index in [1.54, 1.807) is 22.8 Å². The Balaban J connectivity index is 1.95. The van der Waals surface area contributed by atoms with Crippen molar-refractivity contribution in [1.82, 2.24) is 14.6 Å². The van der Waals surface area contributed by atoms with Crippen molar-refractivity contribution in [3.63, 3.8) is 0 Å². The van der Waals surface area contributed by atoms with Crippen molar-refractivity contribution in [3.8, 4) is 11.3 Å². The zero-order valence-corrected chi connectivity index (χ0v) is 13.3. The van der Waals surface area contributed by atoms with Gasteiger partial charge in [0.1, 0.15) is 11.2 Å². The Bertz CT molecular complexity index is 1230. The van der Waals surface area contributed by atoms with E-state index < -0.39 is 11.6 Å². The fraction of sp³-hybridized carbons (Fsp3) is 0. The maximum Gasteiger partial charge on any atom is 0.238 e. The first kappa shape index (κ1) is 14.7. The predicted molar refractivity (Wildman–Crippen MR) is 94.5 cm³/mol. The maximum atomic E-state index is 14.5. The predicted octanol–water partition coefficient (Wildman–Crippen LogP) is 3.74. The number of aliphatic imine (C=N–C) groups is 1. The molecule has 0 spiro atoms. The summed E-state index contributed by atoms with van der Waals surface area (Å²) in [5, 5.41) is 4.18. The smallest absolute Gasteiger partial charge is 0.238 e. The number of nitrogens with two attached hydrogens (primary N) is 1. The highest BCUT2D eigenvalue weighted by Crippen LogP contribution is 2.38. The number of benzene rings is 2. The fourth-order valence-electron chi connectivity index (χ4n) is 3.26. The normalized spacial score (nSPS) is 12.6. The molecule has 0 bridgehead atoms. The quantitative estimate of drug-likeness (QED) is 0.502. The number of rotatable bonds is 1. The Kier molecular flexibility index (Phi) is 2.94. The van der Waals surface area contributed by atoms with Crippen LogP contribution in [0.25, 0.3) is 16.8 Å². The molecule has 0 atom stereocenters. The number of para-hydroxylation sites is 1. The van der Waals surface area contributed by atoms with E-state index in [0.29, 0.717) is 28.2 Å². The average molecular weight is 347 g/mol. The van der Waals surface area contributed by atoms with Gasteiger partial charge in [-0.1, -0.05) is 24.3 Å². The van der Waals surface area contributed by atoms with Crippen LogP contribution in [0.3, 0.4) is 0 Å². The molecule has 1 aliphatic rings. The third kappa shape index (κ3) is 1.97. The van der Waals surface area contributed by atoms with Crippen LogP contribution >= 0.6 is 0 Å². The van der Waals surface area contributed by atoms with Crippen LogP contribution in [0.1, 0.15) is 11.1 Å². The molecule has 5 nitrogen and oxygen atoms in total. The zero-order valence-electron chi connectivity index (χ0n) is 13.3. The highest BCUT2D eigenvalue weighted by Gasteiger charge is 2.25. The Morgan fingerprint density at radius 3 is 2.58 bits per heavy atom. The number of hydrogen-bond acceptors (Lipinski definition) is 4. The largest absolute Gasteiger partial charge is 0.367 e. The van der Waals surface area contributed by atoms with Crippen molar-refractivity contribution < 1.29 is 8.78 Å². The minimum absolute atomic E-state index is 0.0811. The number of halogens is 2. The summed E-state index contributed by atoms with van der Waals surface area (Å²) in [6.07, 6.45) is 1.70. The molecule has 0 amide bonds. The summed E-state index contributed by atoms with van der Waals surface area (Å²) >= 11 is 0. The van der Waals surface area contributed by atoms with Gasteiger partial charge in [-0.2, -0.15) is 0 Å². The molecule has 5 rings (SSSR count). The van der Waals surface area contributed by atoms with E-state index in [0.717, 1.165) is 11.6 Å². The van der Waals surface area contributed by atoms with E-state index >= 15 is 0 Å². The summed E-state index contributed by atoms with van der Waals surface area (Å²) in [4.78, 5) is 9.02. The monoisotopic (exact) mass is 347 g/mol. The fourth-order valence-corrected chi connectivity index (χ4v) is 3.26. The molecule has 0 radical (unpaired) electrons. The van der Waals surface area contributed by atoms with Gasteiger partial charge in [-0.15, -0.1) is 5.10 Å². The van der Waals surface area contributed by atoms with Gasteiger partial charge in [-0.3, -0.25) is 0 Å². The summed E-state index contributed by atoms with van der Waals surface area (Å²) in [7, 11) is 0. The van der Waals surface area contributed by atoms with Crippen LogP contribution in [0.15, 0.2) is 59.7 Å². The van der Waals surface area contributed by atoms with Gasteiger partial charge in [0.15, 0.2) is 11.6 Å². The van der Waals surface area contributed by atoms with E-state index in [2.05, 4.69) is 15.1 Å². The van der Waals surface area contributed by atoms with Crippen molar-refractivity contribution in [2.24, 2.45) is 4.99 Å². The summed E-state index contributed by atoms with van der Waals surface area (Å²) in [5.41, 5.74) is 9.45. The third-order valence-corrected chi connectivity index (χ3v) is 4.38. The van der Waals surface area contributed by atoms with Gasteiger partial charge in [0.25, 0.3) is 0 Å². The maximum absolute atomic E-state index is 14.5. The molecular formula is C19H11F2N5. The van der Waals surface area contributed by atoms with Crippen molar-refractivity contribution >= 4 is 22.9 Å². The van der Waals surface area contributed by atoms with Crippen LogP contribution in [-0.4, -0.2) is 20.3 Å². The minimum Gasteiger partial charge on any atom is -0.367 e. The van der Waals surface area contributed by atoms with Crippen LogP contribution < -0.4 is 5.73 Å². The van der Waals surface area contributed by atoms with Crippen LogP contribution in [0.4, 0.5) is 20.4 Å². The summed E-state index contributed by atoms with van der Waals surface area (Å²) in [5.74, 6) is -1.75. The molecule has 0 saturated heterocycles. The molecule has 0 aliphatic carbocycles. The molecule has 0 saturated carbocycles. The second-order valence-corrected chi connectivity index (χ2v) is 5.92. The Hall–Kier alpha value is -3.61. The minimum atomic E-state index is -0.942. The van der Waals surface area contributed by atoms with E-state index in [4.69, 9.17) is 5.73 Å². The second-order valence-electron chi connectivity index (χ2n) is 5.92. The Morgan fingerprint density at radius 2 is 1.69 bits per heavy atom. The second kappa shape index (κ2) is 5.19. The lowest BCUT2D eigenvalue weighted by atomic mass is 10.0. The molecular weight excluding hydrogens is 336 g/mol. The number of aromatic nitrogens is 3. The first-order valence-corrected chi connectivity index (χ1v) is 7.91. The van der Waals surface area contributed by atoms with Gasteiger partial charge in [0.05, 0.1) is 11.4 Å². The van der Waals surface area contributed by atoms with Crippen molar-refractivity contribution in [2.75, 3.05) is 5.73 Å². The molecule has 0 fully saturated rings. The average Bonchev–Trinajstić information content (AvgIpc) is 2.99. The molecule has 0 unspecified atom stereocenters. The Labute approximate surface area is 146 Å². The molecule has 2 aromatic heterocycles. The number of hydrogen-bond donors (Lipinski definition) is 1. The molecule has 3 heterocycles. The van der Waals surface area contributed by atoms with Gasteiger partial charge in [0.2, 0.25) is 5.95 Å². The van der Waals surface area contributed by atoms with Gasteiger partial charge in [0, 0.05) is 22.9 Å². The molecule has 1 aliphatic heterocycles. The van der Waals surface area contributed by atoms with Gasteiger partial charge in [-0.25, -0.2) is 23.3 Å². The molecule has 4 aromatic rings. The summed E-state index contributed by atoms with van der Waals surface area (Å²) in [6, 6.07) is 13.1. The van der Waals surface area contributed by atoms with E-state index in [9.17, 15) is 8.78 Å². The first-order valence-electron chi connectivity index (χ1n) is 7.91. The number of fused-ring (bicyclic) bond motifs is 2. The van der Waals surface area contributed by atoms with Crippen LogP contribution in [0, 0.1) is 11.6 Å². The van der Waals surface area contributed by atoms with Gasteiger partial charge < -0.3 is 5.73 Å². The van der Waals surface area contributed by atoms with Crippen molar-refractivity contribution in [3.05, 3.63) is 77.5 Å². The summed E-state index contributed by atoms with van der Waals surface area (Å²) < 4.78 is 29.9. The van der Waals surface area contributed by atoms with Crippen LogP contribution in [0.2, 0.25) is 0 Å². The molecule has 126 valence electrons. The first-order chi connectivity index (χ1) is 12.6. The molecule has 2 aromatic carbocycles. The number of anilines is 1.